The molecule has 2 heterocycles. The molecule has 3 unspecified atom stereocenters. The molecule has 5 heteroatoms. The van der Waals surface area contributed by atoms with Crippen LogP contribution < -0.4 is 5.73 Å². The Labute approximate surface area is 103 Å². The van der Waals surface area contributed by atoms with Crippen molar-refractivity contribution in [3.8, 4) is 0 Å². The normalized spacial score (nSPS) is 39.7. The molecule has 0 aromatic heterocycles. The van der Waals surface area contributed by atoms with Crippen LogP contribution in [0.5, 0.6) is 0 Å². The number of hydrogen-bond acceptors (Lipinski definition) is 5. The van der Waals surface area contributed by atoms with Gasteiger partial charge in [-0.15, -0.1) is 0 Å². The van der Waals surface area contributed by atoms with Crippen LogP contribution in [0.15, 0.2) is 0 Å². The molecule has 2 rings (SSSR count). The highest BCUT2D eigenvalue weighted by atomic mass is 16.5. The van der Waals surface area contributed by atoms with Gasteiger partial charge >= 0.3 is 0 Å². The van der Waals surface area contributed by atoms with Gasteiger partial charge in [0.1, 0.15) is 0 Å². The highest BCUT2D eigenvalue weighted by molar-refractivity contribution is 4.90. The average molecular weight is 244 g/mol. The number of hydrogen-bond donors (Lipinski definition) is 2. The first-order chi connectivity index (χ1) is 8.19. The zero-order valence-corrected chi connectivity index (χ0v) is 10.6. The Hall–Kier alpha value is -0.200. The van der Waals surface area contributed by atoms with Gasteiger partial charge in [0.25, 0.3) is 0 Å². The van der Waals surface area contributed by atoms with Crippen molar-refractivity contribution in [3.05, 3.63) is 0 Å². The predicted octanol–water partition coefficient (Wildman–Crippen LogP) is -0.567. The molecule has 2 aliphatic heterocycles. The minimum atomic E-state index is -0.0525. The Morgan fingerprint density at radius 1 is 1.53 bits per heavy atom. The first kappa shape index (κ1) is 13.2. The summed E-state index contributed by atoms with van der Waals surface area (Å²) < 4.78 is 11.0. The van der Waals surface area contributed by atoms with Crippen LogP contribution in [0.4, 0.5) is 0 Å². The number of ether oxygens (including phenoxy) is 2. The van der Waals surface area contributed by atoms with E-state index in [0.29, 0.717) is 19.2 Å². The van der Waals surface area contributed by atoms with E-state index in [1.807, 2.05) is 0 Å². The van der Waals surface area contributed by atoms with E-state index in [9.17, 15) is 5.11 Å². The van der Waals surface area contributed by atoms with Crippen molar-refractivity contribution >= 4 is 0 Å². The third-order valence-electron chi connectivity index (χ3n) is 3.99. The Morgan fingerprint density at radius 2 is 2.35 bits per heavy atom. The Bertz CT molecular complexity index is 244. The molecular weight excluding hydrogens is 220 g/mol. The number of morpholine rings is 1. The first-order valence-electron chi connectivity index (χ1n) is 6.43. The fourth-order valence-electron chi connectivity index (χ4n) is 2.64. The second-order valence-corrected chi connectivity index (χ2v) is 5.42. The second kappa shape index (κ2) is 5.63. The van der Waals surface area contributed by atoms with Gasteiger partial charge in [-0.1, -0.05) is 0 Å². The molecule has 0 spiro atoms. The van der Waals surface area contributed by atoms with Crippen molar-refractivity contribution in [2.45, 2.75) is 25.5 Å². The van der Waals surface area contributed by atoms with E-state index < -0.39 is 0 Å². The Balaban J connectivity index is 1.95. The van der Waals surface area contributed by atoms with Gasteiger partial charge in [0.15, 0.2) is 0 Å². The molecule has 0 amide bonds. The van der Waals surface area contributed by atoms with E-state index in [4.69, 9.17) is 15.2 Å². The molecule has 2 fully saturated rings. The lowest BCUT2D eigenvalue weighted by Crippen LogP contribution is -2.54. The maximum Gasteiger partial charge on any atom is 0.0933 e. The number of nitrogens with two attached hydrogens (primary N) is 1. The molecule has 3 N–H and O–H groups in total. The molecule has 100 valence electrons. The fourth-order valence-corrected chi connectivity index (χ4v) is 2.64. The van der Waals surface area contributed by atoms with E-state index >= 15 is 0 Å². The molecule has 0 aromatic carbocycles. The zero-order chi connectivity index (χ0) is 12.3. The summed E-state index contributed by atoms with van der Waals surface area (Å²) in [5.74, 6) is 0. The van der Waals surface area contributed by atoms with Gasteiger partial charge in [0.05, 0.1) is 25.9 Å². The molecule has 2 aliphatic rings. The highest BCUT2D eigenvalue weighted by Crippen LogP contribution is 2.30. The molecule has 17 heavy (non-hydrogen) atoms. The summed E-state index contributed by atoms with van der Waals surface area (Å²) in [4.78, 5) is 2.38. The van der Waals surface area contributed by atoms with Crippen LogP contribution in [0.2, 0.25) is 0 Å². The minimum Gasteiger partial charge on any atom is -0.394 e. The molecule has 0 radical (unpaired) electrons. The van der Waals surface area contributed by atoms with Gasteiger partial charge in [-0.3, -0.25) is 4.90 Å². The van der Waals surface area contributed by atoms with Crippen molar-refractivity contribution in [2.75, 3.05) is 46.1 Å². The van der Waals surface area contributed by atoms with Crippen LogP contribution in [0.25, 0.3) is 0 Å². The monoisotopic (exact) mass is 244 g/mol. The van der Waals surface area contributed by atoms with Crippen molar-refractivity contribution in [3.63, 3.8) is 0 Å². The van der Waals surface area contributed by atoms with Crippen LogP contribution in [0, 0.1) is 5.41 Å². The van der Waals surface area contributed by atoms with Crippen molar-refractivity contribution in [1.29, 1.82) is 0 Å². The lowest BCUT2D eigenvalue weighted by Gasteiger charge is -2.42. The number of rotatable bonds is 4. The molecular formula is C12H24N2O3. The maximum absolute atomic E-state index is 9.18. The lowest BCUT2D eigenvalue weighted by atomic mass is 9.86. The zero-order valence-electron chi connectivity index (χ0n) is 10.6. The van der Waals surface area contributed by atoms with E-state index in [1.54, 1.807) is 0 Å². The van der Waals surface area contributed by atoms with E-state index in [0.717, 1.165) is 32.7 Å². The predicted molar refractivity (Wildman–Crippen MR) is 64.8 cm³/mol. The minimum absolute atomic E-state index is 0.0525. The highest BCUT2D eigenvalue weighted by Gasteiger charge is 2.38. The Morgan fingerprint density at radius 3 is 2.94 bits per heavy atom. The fraction of sp³-hybridized carbons (Fsp3) is 1.00. The molecule has 0 bridgehead atoms. The SMILES string of the molecule is CC1COC(CO)CN1CC1(CN)CCOC1. The lowest BCUT2D eigenvalue weighted by molar-refractivity contribution is -0.0878. The summed E-state index contributed by atoms with van der Waals surface area (Å²) >= 11 is 0. The van der Waals surface area contributed by atoms with Crippen molar-refractivity contribution in [2.24, 2.45) is 11.1 Å². The van der Waals surface area contributed by atoms with Gasteiger partial charge in [-0.2, -0.15) is 0 Å². The van der Waals surface area contributed by atoms with E-state index in [2.05, 4.69) is 11.8 Å². The Kier molecular flexibility index (Phi) is 4.38. The maximum atomic E-state index is 9.18. The molecule has 5 nitrogen and oxygen atoms in total. The molecule has 0 saturated carbocycles. The van der Waals surface area contributed by atoms with E-state index in [1.165, 1.54) is 0 Å². The van der Waals surface area contributed by atoms with Gasteiger partial charge in [-0.25, -0.2) is 0 Å². The van der Waals surface area contributed by atoms with Crippen LogP contribution in [0.1, 0.15) is 13.3 Å². The number of aliphatic hydroxyl groups is 1. The van der Waals surface area contributed by atoms with Crippen LogP contribution >= 0.6 is 0 Å². The molecule has 2 saturated heterocycles. The molecule has 3 atom stereocenters. The molecule has 0 aromatic rings. The quantitative estimate of drug-likeness (QED) is 0.693. The van der Waals surface area contributed by atoms with Gasteiger partial charge in [0.2, 0.25) is 0 Å². The summed E-state index contributed by atoms with van der Waals surface area (Å²) in [5, 5.41) is 9.18. The average Bonchev–Trinajstić information content (AvgIpc) is 2.81. The topological polar surface area (TPSA) is 68.0 Å². The second-order valence-electron chi connectivity index (χ2n) is 5.42. The third-order valence-corrected chi connectivity index (χ3v) is 3.99. The summed E-state index contributed by atoms with van der Waals surface area (Å²) in [6.45, 7) is 6.93. The van der Waals surface area contributed by atoms with Crippen molar-refractivity contribution < 1.29 is 14.6 Å². The van der Waals surface area contributed by atoms with Crippen LogP contribution in [-0.2, 0) is 9.47 Å². The van der Waals surface area contributed by atoms with Gasteiger partial charge in [0, 0.05) is 37.7 Å². The summed E-state index contributed by atoms with van der Waals surface area (Å²) in [6, 6.07) is 0.391. The smallest absolute Gasteiger partial charge is 0.0933 e. The van der Waals surface area contributed by atoms with Gasteiger partial charge < -0.3 is 20.3 Å². The van der Waals surface area contributed by atoms with Crippen molar-refractivity contribution in [1.82, 2.24) is 4.90 Å². The van der Waals surface area contributed by atoms with Crippen LogP contribution in [-0.4, -0.2) is 68.2 Å². The number of aliphatic hydroxyl groups excluding tert-OH is 1. The molecule has 0 aliphatic carbocycles. The van der Waals surface area contributed by atoms with Crippen LogP contribution in [0.3, 0.4) is 0 Å². The third kappa shape index (κ3) is 2.98. The largest absolute Gasteiger partial charge is 0.394 e. The van der Waals surface area contributed by atoms with Gasteiger partial charge in [-0.05, 0) is 13.3 Å². The van der Waals surface area contributed by atoms with E-state index in [-0.39, 0.29) is 18.1 Å². The summed E-state index contributed by atoms with van der Waals surface area (Å²) in [5.41, 5.74) is 6.01. The standard InChI is InChI=1S/C12H24N2O3/c1-10-6-17-11(5-15)4-14(10)8-12(7-13)2-3-16-9-12/h10-11,15H,2-9,13H2,1H3. The first-order valence-corrected chi connectivity index (χ1v) is 6.43. The number of nitrogens with zero attached hydrogens (tertiary/aromatic N) is 1. The summed E-state index contributed by atoms with van der Waals surface area (Å²) in [7, 11) is 0. The summed E-state index contributed by atoms with van der Waals surface area (Å²) in [6.07, 6.45) is 0.987.